The monoisotopic (exact) mass is 262 g/mol. The molecule has 1 aromatic rings. The highest BCUT2D eigenvalue weighted by Crippen LogP contribution is 2.22. The van der Waals surface area contributed by atoms with Gasteiger partial charge in [-0.15, -0.1) is 0 Å². The Balaban J connectivity index is 1.88. The Hall–Kier alpha value is -1.55. The van der Waals surface area contributed by atoms with E-state index in [4.69, 9.17) is 5.11 Å². The molecule has 1 aliphatic heterocycles. The SMILES string of the molecule is Cc1ccc(N2CCC(N(C)CCC(=O)O)C2)cc1. The standard InChI is InChI=1S/C15H22N2O2/c1-12-3-5-13(6-4-12)17-10-7-14(11-17)16(2)9-8-15(18)19/h3-6,14H,7-11H2,1-2H3,(H,18,19). The molecule has 4 heteroatoms. The number of anilines is 1. The van der Waals surface area contributed by atoms with Gasteiger partial charge in [0.25, 0.3) is 0 Å². The average Bonchev–Trinajstić information content (AvgIpc) is 2.86. The van der Waals surface area contributed by atoms with E-state index in [1.807, 2.05) is 7.05 Å². The zero-order valence-electron chi connectivity index (χ0n) is 11.7. The molecule has 0 amide bonds. The molecule has 0 bridgehead atoms. The Morgan fingerprint density at radius 1 is 1.42 bits per heavy atom. The second kappa shape index (κ2) is 6.06. The Kier molecular flexibility index (Phi) is 4.43. The van der Waals surface area contributed by atoms with Gasteiger partial charge in [0, 0.05) is 31.4 Å². The molecule has 1 saturated heterocycles. The molecular weight excluding hydrogens is 240 g/mol. The van der Waals surface area contributed by atoms with Gasteiger partial charge in [0.1, 0.15) is 0 Å². The van der Waals surface area contributed by atoms with Gasteiger partial charge in [0.05, 0.1) is 6.42 Å². The summed E-state index contributed by atoms with van der Waals surface area (Å²) in [5.74, 6) is -0.722. The smallest absolute Gasteiger partial charge is 0.304 e. The van der Waals surface area contributed by atoms with E-state index in [0.717, 1.165) is 19.5 Å². The number of carboxylic acids is 1. The zero-order valence-corrected chi connectivity index (χ0v) is 11.7. The van der Waals surface area contributed by atoms with Crippen molar-refractivity contribution < 1.29 is 9.90 Å². The molecule has 0 saturated carbocycles. The summed E-state index contributed by atoms with van der Waals surface area (Å²) in [7, 11) is 2.02. The quantitative estimate of drug-likeness (QED) is 0.881. The van der Waals surface area contributed by atoms with E-state index >= 15 is 0 Å². The number of nitrogens with zero attached hydrogens (tertiary/aromatic N) is 2. The second-order valence-electron chi connectivity index (χ2n) is 5.35. The average molecular weight is 262 g/mol. The fraction of sp³-hybridized carbons (Fsp3) is 0.533. The number of hydrogen-bond donors (Lipinski definition) is 1. The first-order valence-corrected chi connectivity index (χ1v) is 6.80. The van der Waals surface area contributed by atoms with Crippen molar-refractivity contribution in [3.8, 4) is 0 Å². The molecule has 104 valence electrons. The molecule has 4 nitrogen and oxygen atoms in total. The number of aryl methyl sites for hydroxylation is 1. The van der Waals surface area contributed by atoms with Crippen LogP contribution in [0, 0.1) is 6.92 Å². The minimum atomic E-state index is -0.722. The summed E-state index contributed by atoms with van der Waals surface area (Å²) in [5, 5.41) is 8.72. The minimum absolute atomic E-state index is 0.220. The van der Waals surface area contributed by atoms with E-state index in [2.05, 4.69) is 41.0 Å². The summed E-state index contributed by atoms with van der Waals surface area (Å²) in [6, 6.07) is 9.05. The molecule has 0 spiro atoms. The van der Waals surface area contributed by atoms with E-state index in [9.17, 15) is 4.79 Å². The Morgan fingerprint density at radius 2 is 2.11 bits per heavy atom. The first-order valence-electron chi connectivity index (χ1n) is 6.80. The third-order valence-electron chi connectivity index (χ3n) is 3.86. The Bertz CT molecular complexity index is 430. The highest BCUT2D eigenvalue weighted by molar-refractivity contribution is 5.66. The van der Waals surface area contributed by atoms with Gasteiger partial charge >= 0.3 is 5.97 Å². The molecule has 1 N–H and O–H groups in total. The summed E-state index contributed by atoms with van der Waals surface area (Å²) < 4.78 is 0. The molecule has 2 rings (SSSR count). The van der Waals surface area contributed by atoms with Gasteiger partial charge in [-0.05, 0) is 32.5 Å². The fourth-order valence-electron chi connectivity index (χ4n) is 2.55. The summed E-state index contributed by atoms with van der Waals surface area (Å²) >= 11 is 0. The maximum absolute atomic E-state index is 10.6. The van der Waals surface area contributed by atoms with Crippen LogP contribution >= 0.6 is 0 Å². The lowest BCUT2D eigenvalue weighted by molar-refractivity contribution is -0.137. The lowest BCUT2D eigenvalue weighted by atomic mass is 10.2. The van der Waals surface area contributed by atoms with Crippen LogP contribution in [-0.2, 0) is 4.79 Å². The van der Waals surface area contributed by atoms with Crippen LogP contribution in [0.4, 0.5) is 5.69 Å². The maximum atomic E-state index is 10.6. The van der Waals surface area contributed by atoms with Crippen molar-refractivity contribution in [3.05, 3.63) is 29.8 Å². The molecule has 19 heavy (non-hydrogen) atoms. The first-order chi connectivity index (χ1) is 9.06. The highest BCUT2D eigenvalue weighted by atomic mass is 16.4. The number of rotatable bonds is 5. The predicted molar refractivity (Wildman–Crippen MR) is 76.7 cm³/mol. The number of carbonyl (C=O) groups is 1. The largest absolute Gasteiger partial charge is 0.481 e. The van der Waals surface area contributed by atoms with Gasteiger partial charge in [0.15, 0.2) is 0 Å². The van der Waals surface area contributed by atoms with Gasteiger partial charge in [0.2, 0.25) is 0 Å². The van der Waals surface area contributed by atoms with Crippen molar-refractivity contribution >= 4 is 11.7 Å². The van der Waals surface area contributed by atoms with Crippen molar-refractivity contribution in [3.63, 3.8) is 0 Å². The van der Waals surface area contributed by atoms with Gasteiger partial charge in [-0.25, -0.2) is 0 Å². The zero-order chi connectivity index (χ0) is 13.8. The van der Waals surface area contributed by atoms with E-state index in [-0.39, 0.29) is 6.42 Å². The fourth-order valence-corrected chi connectivity index (χ4v) is 2.55. The van der Waals surface area contributed by atoms with Gasteiger partial charge in [-0.2, -0.15) is 0 Å². The molecule has 1 atom stereocenters. The molecular formula is C15H22N2O2. The number of hydrogen-bond acceptors (Lipinski definition) is 3. The van der Waals surface area contributed by atoms with Gasteiger partial charge in [-0.3, -0.25) is 4.79 Å². The van der Waals surface area contributed by atoms with E-state index in [1.54, 1.807) is 0 Å². The van der Waals surface area contributed by atoms with E-state index < -0.39 is 5.97 Å². The number of benzene rings is 1. The van der Waals surface area contributed by atoms with E-state index in [1.165, 1.54) is 11.3 Å². The van der Waals surface area contributed by atoms with Crippen LogP contribution in [0.5, 0.6) is 0 Å². The maximum Gasteiger partial charge on any atom is 0.304 e. The van der Waals surface area contributed by atoms with Gasteiger partial charge in [-0.1, -0.05) is 17.7 Å². The minimum Gasteiger partial charge on any atom is -0.481 e. The Morgan fingerprint density at radius 3 is 2.74 bits per heavy atom. The topological polar surface area (TPSA) is 43.8 Å². The van der Waals surface area contributed by atoms with Crippen LogP contribution in [0.25, 0.3) is 0 Å². The molecule has 1 heterocycles. The third kappa shape index (κ3) is 3.70. The third-order valence-corrected chi connectivity index (χ3v) is 3.86. The van der Waals surface area contributed by atoms with Crippen LogP contribution in [0.15, 0.2) is 24.3 Å². The molecule has 1 unspecified atom stereocenters. The predicted octanol–water partition coefficient (Wildman–Crippen LogP) is 1.98. The van der Waals surface area contributed by atoms with Crippen molar-refractivity contribution in [2.75, 3.05) is 31.6 Å². The number of carboxylic acid groups (broad SMARTS) is 1. The highest BCUT2D eigenvalue weighted by Gasteiger charge is 2.25. The molecule has 0 radical (unpaired) electrons. The van der Waals surface area contributed by atoms with Crippen LogP contribution in [0.3, 0.4) is 0 Å². The van der Waals surface area contributed by atoms with Gasteiger partial charge < -0.3 is 14.9 Å². The molecule has 1 aliphatic rings. The summed E-state index contributed by atoms with van der Waals surface area (Å²) in [6.45, 7) is 4.75. The van der Waals surface area contributed by atoms with E-state index in [0.29, 0.717) is 12.6 Å². The lowest BCUT2D eigenvalue weighted by Gasteiger charge is -2.24. The van der Waals surface area contributed by atoms with Crippen LogP contribution in [0.2, 0.25) is 0 Å². The van der Waals surface area contributed by atoms with Crippen LogP contribution in [-0.4, -0.2) is 48.7 Å². The number of likely N-dealkylation sites (N-methyl/N-ethyl adjacent to an activating group) is 1. The van der Waals surface area contributed by atoms with Crippen molar-refractivity contribution in [2.24, 2.45) is 0 Å². The van der Waals surface area contributed by atoms with Crippen molar-refractivity contribution in [1.29, 1.82) is 0 Å². The summed E-state index contributed by atoms with van der Waals surface area (Å²) in [6.07, 6.45) is 1.32. The second-order valence-corrected chi connectivity index (χ2v) is 5.35. The van der Waals surface area contributed by atoms with Crippen molar-refractivity contribution in [1.82, 2.24) is 4.90 Å². The molecule has 1 fully saturated rings. The summed E-state index contributed by atoms with van der Waals surface area (Å²) in [4.78, 5) is 15.1. The molecule has 0 aromatic heterocycles. The summed E-state index contributed by atoms with van der Waals surface area (Å²) in [5.41, 5.74) is 2.54. The first kappa shape index (κ1) is 13.9. The normalized spacial score (nSPS) is 19.1. The Labute approximate surface area is 114 Å². The van der Waals surface area contributed by atoms with Crippen LogP contribution < -0.4 is 4.90 Å². The lowest BCUT2D eigenvalue weighted by Crippen LogP contribution is -2.35. The van der Waals surface area contributed by atoms with Crippen molar-refractivity contribution in [2.45, 2.75) is 25.8 Å². The van der Waals surface area contributed by atoms with Crippen LogP contribution in [0.1, 0.15) is 18.4 Å². The molecule has 1 aromatic carbocycles. The number of aliphatic carboxylic acids is 1. The molecule has 0 aliphatic carbocycles.